The lowest BCUT2D eigenvalue weighted by Gasteiger charge is -2.38. The molecule has 5 heteroatoms. The standard InChI is InChI=1S/C15H18N4O/c16-14-15(18-11-5-2-1-4-10(11)17-14)19-8-9-20-13-7-3-6-12(13)19/h1-2,4-5,12-13H,3,6-9H2,(H2,16,17). The van der Waals surface area contributed by atoms with Crippen LogP contribution in [0.25, 0.3) is 11.0 Å². The van der Waals surface area contributed by atoms with Crippen molar-refractivity contribution >= 4 is 22.7 Å². The molecular formula is C15H18N4O. The van der Waals surface area contributed by atoms with Gasteiger partial charge >= 0.3 is 0 Å². The molecule has 2 aliphatic rings. The summed E-state index contributed by atoms with van der Waals surface area (Å²) in [6, 6.07) is 8.27. The van der Waals surface area contributed by atoms with Gasteiger partial charge in [-0.05, 0) is 31.4 Å². The molecule has 0 amide bonds. The molecule has 2 atom stereocenters. The molecule has 2 aromatic rings. The lowest BCUT2D eigenvalue weighted by atomic mass is 10.1. The minimum Gasteiger partial charge on any atom is -0.381 e. The van der Waals surface area contributed by atoms with E-state index in [9.17, 15) is 0 Å². The van der Waals surface area contributed by atoms with Crippen LogP contribution in [0.15, 0.2) is 24.3 Å². The maximum atomic E-state index is 6.14. The van der Waals surface area contributed by atoms with Crippen molar-refractivity contribution in [1.82, 2.24) is 9.97 Å². The second-order valence-electron chi connectivity index (χ2n) is 5.52. The Labute approximate surface area is 117 Å². The van der Waals surface area contributed by atoms with E-state index in [0.717, 1.165) is 42.8 Å². The Morgan fingerprint density at radius 2 is 1.95 bits per heavy atom. The van der Waals surface area contributed by atoms with Crippen molar-refractivity contribution in [2.45, 2.75) is 31.4 Å². The number of anilines is 2. The van der Waals surface area contributed by atoms with Crippen molar-refractivity contribution in [3.05, 3.63) is 24.3 Å². The summed E-state index contributed by atoms with van der Waals surface area (Å²) in [6.45, 7) is 1.59. The minimum absolute atomic E-state index is 0.330. The van der Waals surface area contributed by atoms with Crippen molar-refractivity contribution in [3.8, 4) is 0 Å². The van der Waals surface area contributed by atoms with E-state index >= 15 is 0 Å². The van der Waals surface area contributed by atoms with Crippen LogP contribution in [0.4, 0.5) is 11.6 Å². The minimum atomic E-state index is 0.330. The lowest BCUT2D eigenvalue weighted by molar-refractivity contribution is 0.0254. The number of nitrogen functional groups attached to an aromatic ring is 1. The number of aromatic nitrogens is 2. The Morgan fingerprint density at radius 3 is 2.80 bits per heavy atom. The molecule has 104 valence electrons. The summed E-state index contributed by atoms with van der Waals surface area (Å²) in [4.78, 5) is 11.5. The first kappa shape index (κ1) is 11.9. The van der Waals surface area contributed by atoms with Gasteiger partial charge in [-0.25, -0.2) is 9.97 Å². The van der Waals surface area contributed by atoms with Crippen molar-refractivity contribution in [3.63, 3.8) is 0 Å². The summed E-state index contributed by atoms with van der Waals surface area (Å²) in [5.41, 5.74) is 7.90. The zero-order valence-electron chi connectivity index (χ0n) is 11.3. The van der Waals surface area contributed by atoms with Crippen LogP contribution in [0.2, 0.25) is 0 Å². The van der Waals surface area contributed by atoms with E-state index in [2.05, 4.69) is 9.88 Å². The molecule has 1 aliphatic carbocycles. The van der Waals surface area contributed by atoms with E-state index in [-0.39, 0.29) is 0 Å². The Bertz CT molecular complexity index is 645. The molecule has 1 aromatic carbocycles. The molecule has 0 bridgehead atoms. The van der Waals surface area contributed by atoms with Crippen molar-refractivity contribution in [2.24, 2.45) is 0 Å². The van der Waals surface area contributed by atoms with Crippen LogP contribution in [0.1, 0.15) is 19.3 Å². The van der Waals surface area contributed by atoms with Gasteiger partial charge in [0.2, 0.25) is 0 Å². The fourth-order valence-corrected chi connectivity index (χ4v) is 3.40. The van der Waals surface area contributed by atoms with Gasteiger partial charge in [-0.2, -0.15) is 0 Å². The molecule has 4 rings (SSSR count). The smallest absolute Gasteiger partial charge is 0.172 e. The Hall–Kier alpha value is -1.88. The molecule has 2 N–H and O–H groups in total. The van der Waals surface area contributed by atoms with Gasteiger partial charge in [0, 0.05) is 6.54 Å². The average molecular weight is 270 g/mol. The number of benzene rings is 1. The molecule has 1 aromatic heterocycles. The van der Waals surface area contributed by atoms with Crippen LogP contribution < -0.4 is 10.6 Å². The van der Waals surface area contributed by atoms with Crippen LogP contribution in [-0.2, 0) is 4.74 Å². The Kier molecular flexibility index (Phi) is 2.73. The fourth-order valence-electron chi connectivity index (χ4n) is 3.40. The summed E-state index contributed by atoms with van der Waals surface area (Å²) in [7, 11) is 0. The van der Waals surface area contributed by atoms with Crippen LogP contribution in [0.3, 0.4) is 0 Å². The number of para-hydroxylation sites is 2. The zero-order valence-corrected chi connectivity index (χ0v) is 11.3. The van der Waals surface area contributed by atoms with Crippen molar-refractivity contribution in [1.29, 1.82) is 0 Å². The number of nitrogens with two attached hydrogens (primary N) is 1. The van der Waals surface area contributed by atoms with Gasteiger partial charge in [-0.3, -0.25) is 0 Å². The van der Waals surface area contributed by atoms with Gasteiger partial charge in [0.25, 0.3) is 0 Å². The molecule has 20 heavy (non-hydrogen) atoms. The van der Waals surface area contributed by atoms with Crippen LogP contribution in [0.5, 0.6) is 0 Å². The van der Waals surface area contributed by atoms with Gasteiger partial charge in [0.05, 0.1) is 29.8 Å². The number of hydrogen-bond acceptors (Lipinski definition) is 5. The average Bonchev–Trinajstić information content (AvgIpc) is 2.95. The first-order valence-electron chi connectivity index (χ1n) is 7.23. The second kappa shape index (κ2) is 4.59. The number of morpholine rings is 1. The highest BCUT2D eigenvalue weighted by Gasteiger charge is 2.37. The lowest BCUT2D eigenvalue weighted by Crippen LogP contribution is -2.49. The number of ether oxygens (including phenoxy) is 1. The molecule has 1 aliphatic heterocycles. The monoisotopic (exact) mass is 270 g/mol. The summed E-state index contributed by atoms with van der Waals surface area (Å²) < 4.78 is 5.85. The zero-order chi connectivity index (χ0) is 13.5. The Morgan fingerprint density at radius 1 is 1.15 bits per heavy atom. The third-order valence-electron chi connectivity index (χ3n) is 4.33. The molecule has 2 unspecified atom stereocenters. The fraction of sp³-hybridized carbons (Fsp3) is 0.467. The summed E-state index contributed by atoms with van der Waals surface area (Å²) in [5, 5.41) is 0. The number of fused-ring (bicyclic) bond motifs is 2. The molecule has 5 nitrogen and oxygen atoms in total. The van der Waals surface area contributed by atoms with Crippen molar-refractivity contribution in [2.75, 3.05) is 23.8 Å². The van der Waals surface area contributed by atoms with Gasteiger partial charge in [-0.1, -0.05) is 12.1 Å². The highest BCUT2D eigenvalue weighted by Crippen LogP contribution is 2.34. The summed E-state index contributed by atoms with van der Waals surface area (Å²) in [6.07, 6.45) is 3.84. The molecule has 1 saturated heterocycles. The van der Waals surface area contributed by atoms with E-state index in [4.69, 9.17) is 15.5 Å². The van der Waals surface area contributed by atoms with E-state index in [1.807, 2.05) is 24.3 Å². The topological polar surface area (TPSA) is 64.3 Å². The largest absolute Gasteiger partial charge is 0.381 e. The molecule has 0 spiro atoms. The number of nitrogens with zero attached hydrogens (tertiary/aromatic N) is 3. The maximum absolute atomic E-state index is 6.14. The molecule has 2 heterocycles. The first-order chi connectivity index (χ1) is 9.83. The molecule has 0 radical (unpaired) electrons. The normalized spacial score (nSPS) is 25.9. The predicted molar refractivity (Wildman–Crippen MR) is 78.7 cm³/mol. The Balaban J connectivity index is 1.78. The van der Waals surface area contributed by atoms with E-state index in [0.29, 0.717) is 18.0 Å². The third-order valence-corrected chi connectivity index (χ3v) is 4.33. The second-order valence-corrected chi connectivity index (χ2v) is 5.52. The third kappa shape index (κ3) is 1.81. The number of rotatable bonds is 1. The van der Waals surface area contributed by atoms with Gasteiger partial charge < -0.3 is 15.4 Å². The molecule has 1 saturated carbocycles. The summed E-state index contributed by atoms with van der Waals surface area (Å²) >= 11 is 0. The molecular weight excluding hydrogens is 252 g/mol. The highest BCUT2D eigenvalue weighted by molar-refractivity contribution is 5.79. The van der Waals surface area contributed by atoms with Crippen LogP contribution in [-0.4, -0.2) is 35.3 Å². The van der Waals surface area contributed by atoms with E-state index < -0.39 is 0 Å². The predicted octanol–water partition coefficient (Wildman–Crippen LogP) is 1.97. The van der Waals surface area contributed by atoms with Gasteiger partial charge in [0.15, 0.2) is 11.6 Å². The van der Waals surface area contributed by atoms with Crippen molar-refractivity contribution < 1.29 is 4.74 Å². The quantitative estimate of drug-likeness (QED) is 0.858. The number of hydrogen-bond donors (Lipinski definition) is 1. The SMILES string of the molecule is Nc1nc2ccccc2nc1N1CCOC2CCCC21. The van der Waals surface area contributed by atoms with E-state index in [1.54, 1.807) is 0 Å². The van der Waals surface area contributed by atoms with Crippen LogP contribution >= 0.6 is 0 Å². The highest BCUT2D eigenvalue weighted by atomic mass is 16.5. The van der Waals surface area contributed by atoms with Crippen LogP contribution in [0, 0.1) is 0 Å². The first-order valence-corrected chi connectivity index (χ1v) is 7.23. The molecule has 2 fully saturated rings. The van der Waals surface area contributed by atoms with E-state index in [1.165, 1.54) is 6.42 Å². The van der Waals surface area contributed by atoms with Gasteiger partial charge in [0.1, 0.15) is 0 Å². The summed E-state index contributed by atoms with van der Waals surface area (Å²) in [5.74, 6) is 1.35. The maximum Gasteiger partial charge on any atom is 0.172 e. The van der Waals surface area contributed by atoms with Gasteiger partial charge in [-0.15, -0.1) is 0 Å².